The van der Waals surface area contributed by atoms with Crippen molar-refractivity contribution in [2.45, 2.75) is 0 Å². The van der Waals surface area contributed by atoms with Gasteiger partial charge in [0.1, 0.15) is 11.6 Å². The van der Waals surface area contributed by atoms with Crippen molar-refractivity contribution in [2.75, 3.05) is 17.7 Å². The van der Waals surface area contributed by atoms with Crippen LogP contribution < -0.4 is 15.8 Å². The highest BCUT2D eigenvalue weighted by molar-refractivity contribution is 9.10. The Labute approximate surface area is 123 Å². The number of hydrogen-bond acceptors (Lipinski definition) is 3. The minimum atomic E-state index is -0.381. The highest BCUT2D eigenvalue weighted by atomic mass is 79.9. The van der Waals surface area contributed by atoms with Crippen LogP contribution in [0.5, 0.6) is 5.75 Å². The highest BCUT2D eigenvalue weighted by Crippen LogP contribution is 2.23. The fourth-order valence-electron chi connectivity index (χ4n) is 1.49. The maximum Gasteiger partial charge on any atom is 0.262 e. The second kappa shape index (κ2) is 6.38. The summed E-state index contributed by atoms with van der Waals surface area (Å²) in [5.41, 5.74) is 6.65. The number of halogens is 2. The molecular weight excluding hydrogens is 327 g/mol. The number of hydrogen-bond donors (Lipinski definition) is 2. The Hall–Kier alpha value is -2.08. The number of nitrogens with two attached hydrogens (primary N) is 1. The summed E-state index contributed by atoms with van der Waals surface area (Å²) in [6.07, 6.45) is 0. The molecule has 0 unspecified atom stereocenters. The van der Waals surface area contributed by atoms with Crippen LogP contribution in [0.2, 0.25) is 0 Å². The molecule has 3 N–H and O–H groups in total. The van der Waals surface area contributed by atoms with E-state index >= 15 is 0 Å². The minimum Gasteiger partial charge on any atom is -0.484 e. The summed E-state index contributed by atoms with van der Waals surface area (Å²) < 4.78 is 18.7. The predicted octanol–water partition coefficient (Wildman–Crippen LogP) is 3.19. The summed E-state index contributed by atoms with van der Waals surface area (Å²) in [4.78, 5) is 11.7. The Bertz CT molecular complexity index is 617. The van der Waals surface area contributed by atoms with Gasteiger partial charge in [-0.05, 0) is 58.4 Å². The van der Waals surface area contributed by atoms with Crippen LogP contribution in [0.25, 0.3) is 0 Å². The molecule has 0 saturated carbocycles. The number of carbonyl (C=O) groups is 1. The molecule has 0 heterocycles. The van der Waals surface area contributed by atoms with Crippen molar-refractivity contribution in [3.63, 3.8) is 0 Å². The van der Waals surface area contributed by atoms with Crippen molar-refractivity contribution in [2.24, 2.45) is 0 Å². The van der Waals surface area contributed by atoms with E-state index in [1.807, 2.05) is 0 Å². The molecule has 4 nitrogen and oxygen atoms in total. The van der Waals surface area contributed by atoms with Crippen molar-refractivity contribution < 1.29 is 13.9 Å². The van der Waals surface area contributed by atoms with E-state index in [4.69, 9.17) is 10.5 Å². The lowest BCUT2D eigenvalue weighted by atomic mass is 10.3. The van der Waals surface area contributed by atoms with Gasteiger partial charge in [-0.1, -0.05) is 0 Å². The third-order valence-electron chi connectivity index (χ3n) is 2.46. The normalized spacial score (nSPS) is 10.1. The van der Waals surface area contributed by atoms with Crippen LogP contribution in [0.15, 0.2) is 46.9 Å². The van der Waals surface area contributed by atoms with E-state index in [0.29, 0.717) is 21.6 Å². The molecule has 0 spiro atoms. The third-order valence-corrected chi connectivity index (χ3v) is 3.11. The summed E-state index contributed by atoms with van der Waals surface area (Å²) in [5, 5.41) is 2.62. The van der Waals surface area contributed by atoms with Gasteiger partial charge in [-0.3, -0.25) is 4.79 Å². The van der Waals surface area contributed by atoms with Crippen LogP contribution >= 0.6 is 15.9 Å². The van der Waals surface area contributed by atoms with Gasteiger partial charge in [-0.25, -0.2) is 4.39 Å². The van der Waals surface area contributed by atoms with Gasteiger partial charge in [0.25, 0.3) is 5.91 Å². The van der Waals surface area contributed by atoms with E-state index in [-0.39, 0.29) is 18.3 Å². The van der Waals surface area contributed by atoms with Gasteiger partial charge in [-0.2, -0.15) is 0 Å². The molecule has 0 aliphatic rings. The molecule has 20 heavy (non-hydrogen) atoms. The first kappa shape index (κ1) is 14.3. The van der Waals surface area contributed by atoms with Gasteiger partial charge in [0.05, 0.1) is 5.69 Å². The largest absolute Gasteiger partial charge is 0.484 e. The Kier molecular flexibility index (Phi) is 4.57. The molecule has 0 saturated heterocycles. The number of carbonyl (C=O) groups excluding carboxylic acids is 1. The number of ether oxygens (including phenoxy) is 1. The zero-order valence-electron chi connectivity index (χ0n) is 10.4. The zero-order valence-corrected chi connectivity index (χ0v) is 12.0. The first-order valence-corrected chi connectivity index (χ1v) is 6.57. The number of amides is 1. The summed E-state index contributed by atoms with van der Waals surface area (Å²) in [5.74, 6) is -0.172. The Morgan fingerprint density at radius 3 is 2.60 bits per heavy atom. The quantitative estimate of drug-likeness (QED) is 0.841. The van der Waals surface area contributed by atoms with Gasteiger partial charge in [-0.15, -0.1) is 0 Å². The molecule has 2 rings (SSSR count). The van der Waals surface area contributed by atoms with Crippen molar-refractivity contribution in [3.8, 4) is 5.75 Å². The maximum absolute atomic E-state index is 12.9. The smallest absolute Gasteiger partial charge is 0.262 e. The predicted molar refractivity (Wildman–Crippen MR) is 79.1 cm³/mol. The Balaban J connectivity index is 1.90. The van der Waals surface area contributed by atoms with Crippen LogP contribution in [0.3, 0.4) is 0 Å². The van der Waals surface area contributed by atoms with E-state index < -0.39 is 0 Å². The van der Waals surface area contributed by atoms with E-state index in [2.05, 4.69) is 21.2 Å². The van der Waals surface area contributed by atoms with Crippen LogP contribution in [-0.2, 0) is 4.79 Å². The molecule has 0 aliphatic heterocycles. The lowest BCUT2D eigenvalue weighted by molar-refractivity contribution is -0.118. The van der Waals surface area contributed by atoms with Crippen LogP contribution in [0.4, 0.5) is 15.8 Å². The summed E-state index contributed by atoms with van der Waals surface area (Å²) in [6, 6.07) is 10.7. The van der Waals surface area contributed by atoms with Gasteiger partial charge in [0, 0.05) is 10.2 Å². The average molecular weight is 339 g/mol. The second-order valence-corrected chi connectivity index (χ2v) is 4.88. The number of rotatable bonds is 4. The fraction of sp³-hybridized carbons (Fsp3) is 0.0714. The van der Waals surface area contributed by atoms with Crippen LogP contribution in [0.1, 0.15) is 0 Å². The molecule has 104 valence electrons. The van der Waals surface area contributed by atoms with Crippen LogP contribution in [-0.4, -0.2) is 12.5 Å². The molecule has 0 bridgehead atoms. The third kappa shape index (κ3) is 3.96. The van der Waals surface area contributed by atoms with Gasteiger partial charge < -0.3 is 15.8 Å². The number of anilines is 2. The standard InChI is InChI=1S/C14H12BrFN2O2/c15-12-7-9(16)1-6-13(12)18-14(19)8-20-11-4-2-10(17)3-5-11/h1-7H,8,17H2,(H,18,19). The van der Waals surface area contributed by atoms with E-state index in [1.165, 1.54) is 18.2 Å². The number of benzene rings is 2. The van der Waals surface area contributed by atoms with Gasteiger partial charge in [0.2, 0.25) is 0 Å². The van der Waals surface area contributed by atoms with E-state index in [1.54, 1.807) is 24.3 Å². The molecule has 0 radical (unpaired) electrons. The first-order valence-electron chi connectivity index (χ1n) is 5.78. The van der Waals surface area contributed by atoms with Crippen LogP contribution in [0, 0.1) is 5.82 Å². The monoisotopic (exact) mass is 338 g/mol. The van der Waals surface area contributed by atoms with Crippen molar-refractivity contribution >= 4 is 33.2 Å². The minimum absolute atomic E-state index is 0.145. The van der Waals surface area contributed by atoms with E-state index in [9.17, 15) is 9.18 Å². The number of nitrogens with one attached hydrogen (secondary N) is 1. The molecule has 2 aromatic carbocycles. The lowest BCUT2D eigenvalue weighted by Crippen LogP contribution is -2.20. The SMILES string of the molecule is Nc1ccc(OCC(=O)Nc2ccc(F)cc2Br)cc1. The van der Waals surface area contributed by atoms with Crippen molar-refractivity contribution in [1.29, 1.82) is 0 Å². The van der Waals surface area contributed by atoms with E-state index in [0.717, 1.165) is 0 Å². The lowest BCUT2D eigenvalue weighted by Gasteiger charge is -2.09. The molecule has 6 heteroatoms. The first-order chi connectivity index (χ1) is 9.54. The fourth-order valence-corrected chi connectivity index (χ4v) is 1.94. The Morgan fingerprint density at radius 2 is 1.95 bits per heavy atom. The molecule has 0 aliphatic carbocycles. The molecule has 0 fully saturated rings. The molecule has 0 atom stereocenters. The maximum atomic E-state index is 12.9. The van der Waals surface area contributed by atoms with Crippen molar-refractivity contribution in [3.05, 3.63) is 52.8 Å². The molecular formula is C14H12BrFN2O2. The zero-order chi connectivity index (χ0) is 14.5. The Morgan fingerprint density at radius 1 is 1.25 bits per heavy atom. The second-order valence-electron chi connectivity index (χ2n) is 4.03. The topological polar surface area (TPSA) is 64.3 Å². The van der Waals surface area contributed by atoms with Gasteiger partial charge in [0.15, 0.2) is 6.61 Å². The molecule has 1 amide bonds. The van der Waals surface area contributed by atoms with Crippen molar-refractivity contribution in [1.82, 2.24) is 0 Å². The van der Waals surface area contributed by atoms with Gasteiger partial charge >= 0.3 is 0 Å². The molecule has 2 aromatic rings. The average Bonchev–Trinajstić information content (AvgIpc) is 2.41. The summed E-state index contributed by atoms with van der Waals surface area (Å²) >= 11 is 3.17. The summed E-state index contributed by atoms with van der Waals surface area (Å²) in [6.45, 7) is -0.145. The molecule has 0 aromatic heterocycles. The highest BCUT2D eigenvalue weighted by Gasteiger charge is 2.07. The number of nitrogen functional groups attached to an aromatic ring is 1. The summed E-state index contributed by atoms with van der Waals surface area (Å²) in [7, 11) is 0.